The summed E-state index contributed by atoms with van der Waals surface area (Å²) < 4.78 is 1.84. The first-order chi connectivity index (χ1) is 13.2. The lowest BCUT2D eigenvalue weighted by molar-refractivity contribution is -0.113. The number of thiazole rings is 1. The number of anilines is 1. The minimum atomic E-state index is -0.130. The Labute approximate surface area is 164 Å². The molecule has 3 aromatic heterocycles. The van der Waals surface area contributed by atoms with Gasteiger partial charge in [-0.3, -0.25) is 9.69 Å². The Morgan fingerprint density at radius 3 is 2.67 bits per heavy atom. The van der Waals surface area contributed by atoms with Crippen molar-refractivity contribution in [2.24, 2.45) is 0 Å². The number of amides is 1. The van der Waals surface area contributed by atoms with Crippen molar-refractivity contribution in [3.63, 3.8) is 0 Å². The first kappa shape index (κ1) is 17.4. The Balaban J connectivity index is 1.67. The van der Waals surface area contributed by atoms with E-state index in [2.05, 4.69) is 4.98 Å². The number of likely N-dealkylation sites (N-methyl/N-ethyl adjacent to an activating group) is 1. The fourth-order valence-corrected chi connectivity index (χ4v) is 3.92. The van der Waals surface area contributed by atoms with Crippen molar-refractivity contribution in [2.45, 2.75) is 0 Å². The molecule has 0 aliphatic carbocycles. The average Bonchev–Trinajstić information content (AvgIpc) is 3.47. The molecule has 0 atom stereocenters. The zero-order chi connectivity index (χ0) is 18.6. The van der Waals surface area contributed by atoms with Crippen molar-refractivity contribution in [3.05, 3.63) is 77.3 Å². The number of thiophene rings is 1. The molecule has 134 valence electrons. The van der Waals surface area contributed by atoms with Gasteiger partial charge in [-0.2, -0.15) is 5.10 Å². The Morgan fingerprint density at radius 1 is 1.11 bits per heavy atom. The van der Waals surface area contributed by atoms with Gasteiger partial charge in [-0.1, -0.05) is 24.3 Å². The Kier molecular flexibility index (Phi) is 4.95. The van der Waals surface area contributed by atoms with E-state index in [4.69, 9.17) is 5.10 Å². The van der Waals surface area contributed by atoms with Crippen LogP contribution in [0.15, 0.2) is 71.7 Å². The van der Waals surface area contributed by atoms with E-state index in [-0.39, 0.29) is 5.91 Å². The highest BCUT2D eigenvalue weighted by atomic mass is 32.1. The Bertz CT molecular complexity index is 1050. The van der Waals surface area contributed by atoms with E-state index < -0.39 is 0 Å². The lowest BCUT2D eigenvalue weighted by atomic mass is 10.2. The molecule has 0 saturated carbocycles. The van der Waals surface area contributed by atoms with Crippen LogP contribution in [0.3, 0.4) is 0 Å². The van der Waals surface area contributed by atoms with Crippen molar-refractivity contribution < 1.29 is 4.79 Å². The van der Waals surface area contributed by atoms with Gasteiger partial charge in [0.1, 0.15) is 5.69 Å². The van der Waals surface area contributed by atoms with Crippen molar-refractivity contribution >= 4 is 39.8 Å². The molecule has 27 heavy (non-hydrogen) atoms. The molecule has 0 saturated heterocycles. The fourth-order valence-electron chi connectivity index (χ4n) is 2.58. The fraction of sp³-hybridized carbons (Fsp3) is 0.0500. The second kappa shape index (κ2) is 7.69. The van der Waals surface area contributed by atoms with Crippen LogP contribution < -0.4 is 4.90 Å². The Hall–Kier alpha value is -3.03. The second-order valence-corrected chi connectivity index (χ2v) is 7.56. The standard InChI is InChI=1S/C20H16N4OS2/c1-23(20-21-11-13-27-20)18(25)10-9-15-14-24(16-6-3-2-4-7-16)22-19(15)17-8-5-12-26-17/h2-14H,1H3/b10-9+. The van der Waals surface area contributed by atoms with Crippen LogP contribution in [0.1, 0.15) is 5.56 Å². The molecule has 0 N–H and O–H groups in total. The summed E-state index contributed by atoms with van der Waals surface area (Å²) in [5.41, 5.74) is 2.72. The number of para-hydroxylation sites is 1. The monoisotopic (exact) mass is 392 g/mol. The Morgan fingerprint density at radius 2 is 1.96 bits per heavy atom. The molecular formula is C20H16N4OS2. The molecule has 0 radical (unpaired) electrons. The summed E-state index contributed by atoms with van der Waals surface area (Å²) in [6.07, 6.45) is 7.00. The molecule has 0 aliphatic heterocycles. The average molecular weight is 393 g/mol. The number of nitrogens with zero attached hydrogens (tertiary/aromatic N) is 4. The maximum absolute atomic E-state index is 12.5. The van der Waals surface area contributed by atoms with E-state index in [0.29, 0.717) is 5.13 Å². The smallest absolute Gasteiger partial charge is 0.252 e. The second-order valence-electron chi connectivity index (χ2n) is 5.74. The summed E-state index contributed by atoms with van der Waals surface area (Å²) in [5, 5.41) is 9.27. The van der Waals surface area contributed by atoms with E-state index in [1.807, 2.05) is 70.2 Å². The van der Waals surface area contributed by atoms with Crippen LogP contribution in [-0.4, -0.2) is 27.7 Å². The maximum Gasteiger partial charge on any atom is 0.252 e. The van der Waals surface area contributed by atoms with E-state index in [0.717, 1.165) is 21.8 Å². The molecule has 3 heterocycles. The molecule has 1 aromatic carbocycles. The van der Waals surface area contributed by atoms with Gasteiger partial charge >= 0.3 is 0 Å². The highest BCUT2D eigenvalue weighted by Crippen LogP contribution is 2.28. The molecule has 4 rings (SSSR count). The molecule has 1 amide bonds. The SMILES string of the molecule is CN(C(=O)/C=C/c1cn(-c2ccccc2)nc1-c1cccs1)c1nccs1. The van der Waals surface area contributed by atoms with Gasteiger partial charge in [-0.15, -0.1) is 22.7 Å². The highest BCUT2D eigenvalue weighted by Gasteiger charge is 2.13. The minimum absolute atomic E-state index is 0.130. The van der Waals surface area contributed by atoms with Crippen LogP contribution in [0, 0.1) is 0 Å². The molecule has 7 heteroatoms. The van der Waals surface area contributed by atoms with Gasteiger partial charge in [0.15, 0.2) is 5.13 Å². The van der Waals surface area contributed by atoms with Crippen LogP contribution in [0.4, 0.5) is 5.13 Å². The van der Waals surface area contributed by atoms with Gasteiger partial charge in [0.05, 0.1) is 10.6 Å². The molecule has 0 unspecified atom stereocenters. The highest BCUT2D eigenvalue weighted by molar-refractivity contribution is 7.14. The summed E-state index contributed by atoms with van der Waals surface area (Å²) in [6, 6.07) is 14.0. The normalized spacial score (nSPS) is 11.1. The van der Waals surface area contributed by atoms with Gasteiger partial charge in [-0.25, -0.2) is 9.67 Å². The number of carbonyl (C=O) groups excluding carboxylic acids is 1. The van der Waals surface area contributed by atoms with E-state index in [1.54, 1.807) is 30.7 Å². The first-order valence-corrected chi connectivity index (χ1v) is 10.0. The largest absolute Gasteiger partial charge is 0.288 e. The van der Waals surface area contributed by atoms with Crippen LogP contribution in [0.2, 0.25) is 0 Å². The summed E-state index contributed by atoms with van der Waals surface area (Å²) in [4.78, 5) is 19.2. The molecule has 0 fully saturated rings. The molecule has 4 aromatic rings. The van der Waals surface area contributed by atoms with Crippen LogP contribution in [0.5, 0.6) is 0 Å². The lowest BCUT2D eigenvalue weighted by Gasteiger charge is -2.10. The van der Waals surface area contributed by atoms with E-state index >= 15 is 0 Å². The van der Waals surface area contributed by atoms with Crippen LogP contribution in [0.25, 0.3) is 22.3 Å². The lowest BCUT2D eigenvalue weighted by Crippen LogP contribution is -2.23. The van der Waals surface area contributed by atoms with Gasteiger partial charge < -0.3 is 0 Å². The number of carbonyl (C=O) groups is 1. The number of hydrogen-bond acceptors (Lipinski definition) is 5. The molecule has 0 bridgehead atoms. The van der Waals surface area contributed by atoms with E-state index in [9.17, 15) is 4.79 Å². The summed E-state index contributed by atoms with van der Waals surface area (Å²) >= 11 is 3.05. The van der Waals surface area contributed by atoms with Crippen molar-refractivity contribution in [2.75, 3.05) is 11.9 Å². The first-order valence-electron chi connectivity index (χ1n) is 8.26. The number of hydrogen-bond donors (Lipinski definition) is 0. The zero-order valence-corrected chi connectivity index (χ0v) is 16.2. The third-order valence-corrected chi connectivity index (χ3v) is 5.68. The molecule has 0 spiro atoms. The quantitative estimate of drug-likeness (QED) is 0.461. The van der Waals surface area contributed by atoms with Gasteiger partial charge in [0.2, 0.25) is 0 Å². The molecule has 5 nitrogen and oxygen atoms in total. The molecular weight excluding hydrogens is 376 g/mol. The molecule has 0 aliphatic rings. The van der Waals surface area contributed by atoms with Crippen LogP contribution in [-0.2, 0) is 4.79 Å². The predicted octanol–water partition coefficient (Wildman–Crippen LogP) is 4.73. The summed E-state index contributed by atoms with van der Waals surface area (Å²) in [7, 11) is 1.72. The number of rotatable bonds is 5. The predicted molar refractivity (Wildman–Crippen MR) is 111 cm³/mol. The topological polar surface area (TPSA) is 51.0 Å². The van der Waals surface area contributed by atoms with Crippen LogP contribution >= 0.6 is 22.7 Å². The zero-order valence-electron chi connectivity index (χ0n) is 14.5. The van der Waals surface area contributed by atoms with Crippen molar-refractivity contribution in [3.8, 4) is 16.3 Å². The third kappa shape index (κ3) is 3.74. The summed E-state index contributed by atoms with van der Waals surface area (Å²) in [6.45, 7) is 0. The van der Waals surface area contributed by atoms with Crippen molar-refractivity contribution in [1.29, 1.82) is 0 Å². The number of benzene rings is 1. The van der Waals surface area contributed by atoms with Gasteiger partial charge in [0, 0.05) is 36.5 Å². The van der Waals surface area contributed by atoms with Gasteiger partial charge in [0.25, 0.3) is 5.91 Å². The van der Waals surface area contributed by atoms with E-state index in [1.165, 1.54) is 16.2 Å². The van der Waals surface area contributed by atoms with Gasteiger partial charge in [-0.05, 0) is 29.7 Å². The van der Waals surface area contributed by atoms with Crippen molar-refractivity contribution in [1.82, 2.24) is 14.8 Å². The maximum atomic E-state index is 12.5. The number of aromatic nitrogens is 3. The summed E-state index contributed by atoms with van der Waals surface area (Å²) in [5.74, 6) is -0.130. The third-order valence-electron chi connectivity index (χ3n) is 3.96. The minimum Gasteiger partial charge on any atom is -0.288 e.